The van der Waals surface area contributed by atoms with Crippen LogP contribution in [0.2, 0.25) is 5.02 Å². The molecule has 0 spiro atoms. The number of allylic oxidation sites excluding steroid dienone is 1. The highest BCUT2D eigenvalue weighted by Gasteiger charge is 2.12. The van der Waals surface area contributed by atoms with Crippen LogP contribution in [0.4, 0.5) is 5.69 Å². The summed E-state index contributed by atoms with van der Waals surface area (Å²) in [5.74, 6) is 1.02. The van der Waals surface area contributed by atoms with Gasteiger partial charge in [0.15, 0.2) is 11.5 Å². The summed E-state index contributed by atoms with van der Waals surface area (Å²) < 4.78 is 11.4. The Balaban J connectivity index is 1.94. The Morgan fingerprint density at radius 2 is 1.83 bits per heavy atom. The molecule has 3 aromatic carbocycles. The number of halogens is 1. The quantitative estimate of drug-likeness (QED) is 0.205. The number of benzene rings is 3. The lowest BCUT2D eigenvalue weighted by atomic mass is 10.0. The van der Waals surface area contributed by atoms with E-state index < -0.39 is 4.92 Å². The van der Waals surface area contributed by atoms with E-state index in [1.165, 1.54) is 12.1 Å². The fourth-order valence-corrected chi connectivity index (χ4v) is 2.92. The summed E-state index contributed by atoms with van der Waals surface area (Å²) in [6, 6.07) is 20.6. The van der Waals surface area contributed by atoms with Gasteiger partial charge in [-0.1, -0.05) is 35.9 Å². The van der Waals surface area contributed by atoms with Crippen molar-refractivity contribution >= 4 is 28.9 Å². The molecule has 0 aliphatic heterocycles. The average Bonchev–Trinajstić information content (AvgIpc) is 2.77. The van der Waals surface area contributed by atoms with Crippen LogP contribution in [0.3, 0.4) is 0 Å². The molecule has 150 valence electrons. The number of nitrogens with zero attached hydrogens (tertiary/aromatic N) is 2. The number of nitro groups is 1. The Morgan fingerprint density at radius 1 is 1.13 bits per heavy atom. The number of nitriles is 1. The van der Waals surface area contributed by atoms with Crippen molar-refractivity contribution in [3.05, 3.63) is 98.6 Å². The van der Waals surface area contributed by atoms with E-state index in [1.807, 2.05) is 18.2 Å². The minimum atomic E-state index is -0.482. The van der Waals surface area contributed by atoms with Crippen LogP contribution in [-0.2, 0) is 6.61 Å². The van der Waals surface area contributed by atoms with Crippen LogP contribution in [0, 0.1) is 21.4 Å². The minimum Gasteiger partial charge on any atom is -0.493 e. The van der Waals surface area contributed by atoms with Gasteiger partial charge in [-0.15, -0.1) is 0 Å². The number of non-ortho nitro benzene ring substituents is 1. The zero-order valence-electron chi connectivity index (χ0n) is 16.0. The summed E-state index contributed by atoms with van der Waals surface area (Å²) in [6.45, 7) is 0.289. The number of methoxy groups -OCH3 is 1. The fraction of sp³-hybridized carbons (Fsp3) is 0.0870. The highest BCUT2D eigenvalue weighted by molar-refractivity contribution is 6.30. The Bertz CT molecular complexity index is 1120. The second-order valence-corrected chi connectivity index (χ2v) is 6.70. The summed E-state index contributed by atoms with van der Waals surface area (Å²) in [5.41, 5.74) is 2.45. The van der Waals surface area contributed by atoms with Gasteiger partial charge in [-0.3, -0.25) is 10.1 Å². The van der Waals surface area contributed by atoms with Crippen LogP contribution in [0.15, 0.2) is 66.7 Å². The van der Waals surface area contributed by atoms with E-state index in [0.29, 0.717) is 33.2 Å². The molecule has 3 rings (SSSR count). The van der Waals surface area contributed by atoms with Gasteiger partial charge in [-0.2, -0.15) is 5.26 Å². The van der Waals surface area contributed by atoms with Gasteiger partial charge in [0.1, 0.15) is 6.61 Å². The van der Waals surface area contributed by atoms with E-state index in [2.05, 4.69) is 6.07 Å². The molecule has 3 aromatic rings. The molecular weight excluding hydrogens is 404 g/mol. The van der Waals surface area contributed by atoms with Crippen molar-refractivity contribution in [3.8, 4) is 17.6 Å². The van der Waals surface area contributed by atoms with Crippen LogP contribution >= 0.6 is 11.6 Å². The molecule has 0 heterocycles. The molecule has 0 aromatic heterocycles. The molecule has 30 heavy (non-hydrogen) atoms. The maximum absolute atomic E-state index is 10.9. The zero-order valence-corrected chi connectivity index (χ0v) is 16.8. The van der Waals surface area contributed by atoms with Crippen molar-refractivity contribution in [1.29, 1.82) is 5.26 Å². The van der Waals surface area contributed by atoms with E-state index in [9.17, 15) is 15.4 Å². The standard InChI is InChI=1S/C23H17ClN2O4/c1-29-22-4-2-3-18(23(22)30-15-16-5-9-20(24)10-6-16)13-19(14-25)17-7-11-21(12-8-17)26(27)28/h2-13H,15H2,1H3. The molecule has 0 N–H and O–H groups in total. The van der Waals surface area contributed by atoms with Gasteiger partial charge in [0.2, 0.25) is 0 Å². The zero-order chi connectivity index (χ0) is 21.5. The molecule has 0 aliphatic carbocycles. The van der Waals surface area contributed by atoms with Crippen molar-refractivity contribution in [2.75, 3.05) is 7.11 Å². The number of hydrogen-bond donors (Lipinski definition) is 0. The maximum Gasteiger partial charge on any atom is 0.269 e. The van der Waals surface area contributed by atoms with E-state index >= 15 is 0 Å². The van der Waals surface area contributed by atoms with Crippen LogP contribution in [0.5, 0.6) is 11.5 Å². The van der Waals surface area contributed by atoms with Crippen molar-refractivity contribution in [3.63, 3.8) is 0 Å². The highest BCUT2D eigenvalue weighted by Crippen LogP contribution is 2.34. The van der Waals surface area contributed by atoms with Gasteiger partial charge >= 0.3 is 0 Å². The molecule has 7 heteroatoms. The molecule has 0 amide bonds. The van der Waals surface area contributed by atoms with E-state index in [0.717, 1.165) is 5.56 Å². The molecular formula is C23H17ClN2O4. The number of ether oxygens (including phenoxy) is 2. The van der Waals surface area contributed by atoms with E-state index in [-0.39, 0.29) is 12.3 Å². The van der Waals surface area contributed by atoms with Crippen LogP contribution in [0.25, 0.3) is 11.6 Å². The second kappa shape index (κ2) is 9.59. The average molecular weight is 421 g/mol. The largest absolute Gasteiger partial charge is 0.493 e. The molecule has 0 radical (unpaired) electrons. The first-order valence-corrected chi connectivity index (χ1v) is 9.30. The van der Waals surface area contributed by atoms with Crippen LogP contribution in [-0.4, -0.2) is 12.0 Å². The predicted molar refractivity (Wildman–Crippen MR) is 115 cm³/mol. The van der Waals surface area contributed by atoms with Gasteiger partial charge in [-0.25, -0.2) is 0 Å². The van der Waals surface area contributed by atoms with Crippen LogP contribution < -0.4 is 9.47 Å². The number of para-hydroxylation sites is 1. The Kier molecular flexibility index (Phi) is 6.68. The fourth-order valence-electron chi connectivity index (χ4n) is 2.80. The molecule has 6 nitrogen and oxygen atoms in total. The van der Waals surface area contributed by atoms with Gasteiger partial charge in [0.25, 0.3) is 5.69 Å². The lowest BCUT2D eigenvalue weighted by Gasteiger charge is -2.14. The van der Waals surface area contributed by atoms with Crippen molar-refractivity contribution < 1.29 is 14.4 Å². The maximum atomic E-state index is 10.9. The van der Waals surface area contributed by atoms with Crippen molar-refractivity contribution in [2.45, 2.75) is 6.61 Å². The topological polar surface area (TPSA) is 85.4 Å². The summed E-state index contributed by atoms with van der Waals surface area (Å²) in [4.78, 5) is 10.4. The summed E-state index contributed by atoms with van der Waals surface area (Å²) in [5, 5.41) is 21.1. The third kappa shape index (κ3) is 4.96. The van der Waals surface area contributed by atoms with Crippen molar-refractivity contribution in [2.24, 2.45) is 0 Å². The molecule has 0 bridgehead atoms. The molecule has 0 unspecified atom stereocenters. The smallest absolute Gasteiger partial charge is 0.269 e. The molecule has 0 aliphatic rings. The van der Waals surface area contributed by atoms with Crippen LogP contribution in [0.1, 0.15) is 16.7 Å². The third-order valence-electron chi connectivity index (χ3n) is 4.34. The number of hydrogen-bond acceptors (Lipinski definition) is 5. The summed E-state index contributed by atoms with van der Waals surface area (Å²) >= 11 is 5.92. The van der Waals surface area contributed by atoms with E-state index in [1.54, 1.807) is 49.6 Å². The minimum absolute atomic E-state index is 0.0376. The van der Waals surface area contributed by atoms with Gasteiger partial charge < -0.3 is 9.47 Å². The lowest BCUT2D eigenvalue weighted by molar-refractivity contribution is -0.384. The predicted octanol–water partition coefficient (Wildman–Crippen LogP) is 5.90. The van der Waals surface area contributed by atoms with Gasteiger partial charge in [0, 0.05) is 22.7 Å². The Hall–Kier alpha value is -3.82. The first kappa shape index (κ1) is 20.9. The van der Waals surface area contributed by atoms with Crippen molar-refractivity contribution in [1.82, 2.24) is 0 Å². The normalized spacial score (nSPS) is 10.9. The van der Waals surface area contributed by atoms with Gasteiger partial charge in [0.05, 0.1) is 23.7 Å². The van der Waals surface area contributed by atoms with Gasteiger partial charge in [-0.05, 0) is 47.5 Å². The first-order chi connectivity index (χ1) is 14.5. The summed E-state index contributed by atoms with van der Waals surface area (Å²) in [6.07, 6.45) is 1.67. The molecule has 0 atom stereocenters. The monoisotopic (exact) mass is 420 g/mol. The Morgan fingerprint density at radius 3 is 2.43 bits per heavy atom. The lowest BCUT2D eigenvalue weighted by Crippen LogP contribution is -1.99. The highest BCUT2D eigenvalue weighted by atomic mass is 35.5. The molecule has 0 fully saturated rings. The molecule has 0 saturated heterocycles. The number of nitro benzene ring substituents is 1. The SMILES string of the molecule is COc1cccc(C=C(C#N)c2ccc([N+](=O)[O-])cc2)c1OCc1ccc(Cl)cc1. The number of rotatable bonds is 7. The molecule has 0 saturated carbocycles. The van der Waals surface area contributed by atoms with E-state index in [4.69, 9.17) is 21.1 Å². The summed E-state index contributed by atoms with van der Waals surface area (Å²) in [7, 11) is 1.54. The Labute approximate surface area is 178 Å². The second-order valence-electron chi connectivity index (χ2n) is 6.27. The first-order valence-electron chi connectivity index (χ1n) is 8.92. The third-order valence-corrected chi connectivity index (χ3v) is 4.59.